The monoisotopic (exact) mass is 518 g/mol. The average Bonchev–Trinajstić information content (AvgIpc) is 3.56. The van der Waals surface area contributed by atoms with Crippen LogP contribution in [0.15, 0.2) is 55.0 Å². The molecule has 0 saturated heterocycles. The van der Waals surface area contributed by atoms with E-state index in [-0.39, 0.29) is 17.9 Å². The van der Waals surface area contributed by atoms with Crippen molar-refractivity contribution >= 4 is 17.5 Å². The van der Waals surface area contributed by atoms with E-state index in [0.29, 0.717) is 18.7 Å². The highest BCUT2D eigenvalue weighted by molar-refractivity contribution is 5.85. The molecule has 1 saturated carbocycles. The lowest BCUT2D eigenvalue weighted by atomic mass is 9.76. The molecule has 3 N–H and O–H groups in total. The third-order valence-corrected chi connectivity index (χ3v) is 7.15. The fourth-order valence-electron chi connectivity index (χ4n) is 4.89. The van der Waals surface area contributed by atoms with Gasteiger partial charge in [-0.3, -0.25) is 9.89 Å². The number of nitrogens with one attached hydrogen (secondary N) is 3. The number of nitrogens with zero attached hydrogens (tertiary/aromatic N) is 5. The minimum atomic E-state index is -0.896. The van der Waals surface area contributed by atoms with Crippen LogP contribution in [0.4, 0.5) is 16.0 Å². The Morgan fingerprint density at radius 2 is 2.03 bits per heavy atom. The summed E-state index contributed by atoms with van der Waals surface area (Å²) in [5.74, 6) is 1.62. The van der Waals surface area contributed by atoms with Crippen LogP contribution < -0.4 is 10.6 Å². The molecule has 1 fully saturated rings. The van der Waals surface area contributed by atoms with E-state index in [1.807, 2.05) is 44.2 Å². The molecule has 4 aromatic rings. The molecule has 1 aliphatic rings. The SMILES string of the molecule is CO[C@]1(C(=O)N[C@@H](C)c2ccc(-n3cc(F)cn3)nc2)CC[C@H](c2cccc(Nc3cc(C)[nH]n3)n2)CC1. The molecule has 10 nitrogen and oxygen atoms in total. The summed E-state index contributed by atoms with van der Waals surface area (Å²) in [6, 6.07) is 11.2. The summed E-state index contributed by atoms with van der Waals surface area (Å²) in [4.78, 5) is 22.5. The number of carbonyl (C=O) groups is 1. The van der Waals surface area contributed by atoms with E-state index >= 15 is 0 Å². The Kier molecular flexibility index (Phi) is 7.19. The van der Waals surface area contributed by atoms with Crippen molar-refractivity contribution in [3.8, 4) is 5.82 Å². The van der Waals surface area contributed by atoms with Gasteiger partial charge in [0.2, 0.25) is 0 Å². The largest absolute Gasteiger partial charge is 0.368 e. The molecule has 0 spiro atoms. The molecule has 38 heavy (non-hydrogen) atoms. The zero-order valence-corrected chi connectivity index (χ0v) is 21.6. The van der Waals surface area contributed by atoms with E-state index in [2.05, 4.69) is 30.9 Å². The highest BCUT2D eigenvalue weighted by atomic mass is 19.1. The van der Waals surface area contributed by atoms with Crippen LogP contribution in [0, 0.1) is 12.7 Å². The van der Waals surface area contributed by atoms with E-state index in [1.165, 1.54) is 10.9 Å². The lowest BCUT2D eigenvalue weighted by Gasteiger charge is -2.38. The molecule has 1 aliphatic carbocycles. The first kappa shape index (κ1) is 25.5. The third kappa shape index (κ3) is 5.42. The van der Waals surface area contributed by atoms with Crippen molar-refractivity contribution in [3.05, 3.63) is 77.8 Å². The van der Waals surface area contributed by atoms with Gasteiger partial charge in [-0.25, -0.2) is 19.0 Å². The maximum atomic E-state index is 13.4. The first-order valence-corrected chi connectivity index (χ1v) is 12.6. The molecule has 1 amide bonds. The Morgan fingerprint density at radius 1 is 1.21 bits per heavy atom. The molecular formula is C27H31FN8O2. The van der Waals surface area contributed by atoms with Gasteiger partial charge in [0.05, 0.1) is 18.4 Å². The van der Waals surface area contributed by atoms with Gasteiger partial charge in [0.25, 0.3) is 5.91 Å². The molecule has 0 radical (unpaired) electrons. The maximum absolute atomic E-state index is 13.4. The minimum absolute atomic E-state index is 0.138. The Hall–Kier alpha value is -4.12. The number of carbonyl (C=O) groups excluding carboxylic acids is 1. The fourth-order valence-corrected chi connectivity index (χ4v) is 4.89. The first-order chi connectivity index (χ1) is 18.3. The van der Waals surface area contributed by atoms with E-state index in [9.17, 15) is 9.18 Å². The normalized spacial score (nSPS) is 20.2. The van der Waals surface area contributed by atoms with Crippen LogP contribution >= 0.6 is 0 Å². The van der Waals surface area contributed by atoms with Crippen molar-refractivity contribution in [2.45, 2.75) is 57.1 Å². The number of hydrogen-bond acceptors (Lipinski definition) is 7. The number of aromatic amines is 1. The quantitative estimate of drug-likeness (QED) is 0.314. The maximum Gasteiger partial charge on any atom is 0.252 e. The van der Waals surface area contributed by atoms with Gasteiger partial charge in [-0.1, -0.05) is 12.1 Å². The number of halogens is 1. The molecule has 0 unspecified atom stereocenters. The first-order valence-electron chi connectivity index (χ1n) is 12.6. The van der Waals surface area contributed by atoms with E-state index in [1.54, 1.807) is 19.4 Å². The number of H-pyrrole nitrogens is 1. The fraction of sp³-hybridized carbons (Fsp3) is 0.370. The van der Waals surface area contributed by atoms with Crippen molar-refractivity contribution in [2.75, 3.05) is 12.4 Å². The lowest BCUT2D eigenvalue weighted by Crippen LogP contribution is -2.50. The summed E-state index contributed by atoms with van der Waals surface area (Å²) in [6.45, 7) is 3.85. The van der Waals surface area contributed by atoms with Crippen LogP contribution in [0.1, 0.15) is 61.5 Å². The van der Waals surface area contributed by atoms with Crippen LogP contribution in [0.3, 0.4) is 0 Å². The molecule has 1 atom stereocenters. The van der Waals surface area contributed by atoms with Crippen molar-refractivity contribution < 1.29 is 13.9 Å². The highest BCUT2D eigenvalue weighted by Crippen LogP contribution is 2.40. The molecular weight excluding hydrogens is 487 g/mol. The molecule has 5 rings (SSSR count). The predicted octanol–water partition coefficient (Wildman–Crippen LogP) is 4.50. The van der Waals surface area contributed by atoms with Crippen LogP contribution in [0.2, 0.25) is 0 Å². The topological polar surface area (TPSA) is 123 Å². The Balaban J connectivity index is 1.20. The van der Waals surface area contributed by atoms with Crippen molar-refractivity contribution in [2.24, 2.45) is 0 Å². The van der Waals surface area contributed by atoms with Crippen molar-refractivity contribution in [3.63, 3.8) is 0 Å². The second-order valence-electron chi connectivity index (χ2n) is 9.73. The zero-order chi connectivity index (χ0) is 26.7. The molecule has 0 aromatic carbocycles. The lowest BCUT2D eigenvalue weighted by molar-refractivity contribution is -0.148. The number of rotatable bonds is 8. The molecule has 198 valence electrons. The smallest absolute Gasteiger partial charge is 0.252 e. The summed E-state index contributed by atoms with van der Waals surface area (Å²) in [6.07, 6.45) is 6.79. The van der Waals surface area contributed by atoms with E-state index in [4.69, 9.17) is 9.72 Å². The number of aromatic nitrogens is 6. The zero-order valence-electron chi connectivity index (χ0n) is 21.6. The number of aryl methyl sites for hydroxylation is 1. The summed E-state index contributed by atoms with van der Waals surface area (Å²) in [5.41, 5.74) is 1.89. The summed E-state index contributed by atoms with van der Waals surface area (Å²) in [5, 5.41) is 17.4. The number of methoxy groups -OCH3 is 1. The van der Waals surface area contributed by atoms with Crippen LogP contribution in [0.5, 0.6) is 0 Å². The van der Waals surface area contributed by atoms with Gasteiger partial charge in [0.15, 0.2) is 17.5 Å². The van der Waals surface area contributed by atoms with Gasteiger partial charge in [0.1, 0.15) is 11.4 Å². The third-order valence-electron chi connectivity index (χ3n) is 7.15. The van der Waals surface area contributed by atoms with Crippen LogP contribution in [-0.2, 0) is 9.53 Å². The van der Waals surface area contributed by atoms with Gasteiger partial charge in [-0.15, -0.1) is 0 Å². The van der Waals surface area contributed by atoms with Gasteiger partial charge in [0, 0.05) is 36.7 Å². The van der Waals surface area contributed by atoms with E-state index < -0.39 is 11.4 Å². The average molecular weight is 519 g/mol. The molecule has 0 bridgehead atoms. The summed E-state index contributed by atoms with van der Waals surface area (Å²) in [7, 11) is 1.60. The number of hydrogen-bond donors (Lipinski definition) is 3. The van der Waals surface area contributed by atoms with Crippen molar-refractivity contribution in [1.82, 2.24) is 35.3 Å². The Morgan fingerprint density at radius 3 is 2.66 bits per heavy atom. The number of pyridine rings is 2. The van der Waals surface area contributed by atoms with Crippen LogP contribution in [0.25, 0.3) is 5.82 Å². The number of amides is 1. The minimum Gasteiger partial charge on any atom is -0.368 e. The summed E-state index contributed by atoms with van der Waals surface area (Å²) < 4.78 is 20.4. The number of ether oxygens (including phenoxy) is 1. The van der Waals surface area contributed by atoms with E-state index in [0.717, 1.165) is 47.6 Å². The number of anilines is 2. The second kappa shape index (κ2) is 10.7. The second-order valence-corrected chi connectivity index (χ2v) is 9.73. The highest BCUT2D eigenvalue weighted by Gasteiger charge is 2.43. The molecule has 4 heterocycles. The van der Waals surface area contributed by atoms with Gasteiger partial charge in [-0.2, -0.15) is 10.2 Å². The van der Waals surface area contributed by atoms with Gasteiger partial charge < -0.3 is 15.4 Å². The standard InChI is InChI=1S/C27H31FN8O2/c1-17-13-24(35-34-17)33-23-6-4-5-22(32-23)19-9-11-27(38-3,12-10-19)26(37)31-18(2)20-7-8-25(29-14-20)36-16-21(28)15-30-36/h4-8,13-16,18-19H,9-12H2,1-3H3,(H,31,37)(H2,32,33,34,35)/t18-,19-,27+/m0/s1. The predicted molar refractivity (Wildman–Crippen MR) is 140 cm³/mol. The Labute approximate surface area is 220 Å². The Bertz CT molecular complexity index is 1390. The molecule has 0 aliphatic heterocycles. The van der Waals surface area contributed by atoms with Crippen molar-refractivity contribution in [1.29, 1.82) is 0 Å². The molecule has 11 heteroatoms. The van der Waals surface area contributed by atoms with Crippen LogP contribution in [-0.4, -0.2) is 48.6 Å². The molecule has 4 aromatic heterocycles. The van der Waals surface area contributed by atoms with Gasteiger partial charge >= 0.3 is 0 Å². The summed E-state index contributed by atoms with van der Waals surface area (Å²) >= 11 is 0. The van der Waals surface area contributed by atoms with Gasteiger partial charge in [-0.05, 0) is 63.3 Å².